The third-order valence-corrected chi connectivity index (χ3v) is 3.44. The van der Waals surface area contributed by atoms with Gasteiger partial charge in [-0.3, -0.25) is 0 Å². The van der Waals surface area contributed by atoms with Gasteiger partial charge < -0.3 is 15.4 Å². The van der Waals surface area contributed by atoms with Crippen LogP contribution in [-0.4, -0.2) is 19.2 Å². The highest BCUT2D eigenvalue weighted by Crippen LogP contribution is 2.24. The Labute approximate surface area is 137 Å². The lowest BCUT2D eigenvalue weighted by molar-refractivity contribution is 0.243. The van der Waals surface area contributed by atoms with Crippen molar-refractivity contribution in [3.05, 3.63) is 53.1 Å². The minimum absolute atomic E-state index is 0.162. The molecule has 118 valence electrons. The Bertz CT molecular complexity index is 614. The van der Waals surface area contributed by atoms with E-state index in [2.05, 4.69) is 17.6 Å². The zero-order chi connectivity index (χ0) is 15.9. The van der Waals surface area contributed by atoms with Crippen LogP contribution in [-0.2, 0) is 0 Å². The molecule has 0 saturated carbocycles. The number of para-hydroxylation sites is 2. The van der Waals surface area contributed by atoms with Crippen LogP contribution in [0.4, 0.5) is 11.4 Å². The number of hydrogen-bond donors (Lipinski definition) is 2. The number of anilines is 2. The summed E-state index contributed by atoms with van der Waals surface area (Å²) in [5.41, 5.74) is 3.27. The third-order valence-electron chi connectivity index (χ3n) is 3.21. The Morgan fingerprint density at radius 2 is 1.68 bits per heavy atom. The van der Waals surface area contributed by atoms with Gasteiger partial charge in [-0.05, 0) is 50.6 Å². The molecule has 0 bridgehead atoms. The summed E-state index contributed by atoms with van der Waals surface area (Å²) < 4.78 is 5.80. The summed E-state index contributed by atoms with van der Waals surface area (Å²) in [6.07, 6.45) is 0.162. The van der Waals surface area contributed by atoms with Crippen molar-refractivity contribution in [2.24, 2.45) is 0 Å². The predicted octanol–water partition coefficient (Wildman–Crippen LogP) is 4.96. The van der Waals surface area contributed by atoms with Crippen LogP contribution in [0.15, 0.2) is 42.5 Å². The largest absolute Gasteiger partial charge is 0.489 e. The monoisotopic (exact) mass is 318 g/mol. The smallest absolute Gasteiger partial charge is 0.142 e. The van der Waals surface area contributed by atoms with Gasteiger partial charge in [-0.2, -0.15) is 0 Å². The molecular formula is C18H23ClN2O. The molecule has 2 N–H and O–H groups in total. The van der Waals surface area contributed by atoms with E-state index in [9.17, 15) is 0 Å². The summed E-state index contributed by atoms with van der Waals surface area (Å²) >= 11 is 6.02. The van der Waals surface area contributed by atoms with Crippen LogP contribution in [0.3, 0.4) is 0 Å². The summed E-state index contributed by atoms with van der Waals surface area (Å²) in [6, 6.07) is 13.9. The molecule has 4 heteroatoms. The SMILES string of the molecule is Cc1ccc(Cl)cc1NCCNc1ccccc1OC(C)C. The van der Waals surface area contributed by atoms with Gasteiger partial charge in [-0.1, -0.05) is 29.8 Å². The molecule has 0 heterocycles. The summed E-state index contributed by atoms with van der Waals surface area (Å²) in [6.45, 7) is 7.72. The van der Waals surface area contributed by atoms with Crippen molar-refractivity contribution in [1.82, 2.24) is 0 Å². The topological polar surface area (TPSA) is 33.3 Å². The van der Waals surface area contributed by atoms with Crippen LogP contribution >= 0.6 is 11.6 Å². The molecule has 0 aliphatic carbocycles. The predicted molar refractivity (Wildman–Crippen MR) is 95.4 cm³/mol. The molecule has 0 aliphatic rings. The second-order valence-corrected chi connectivity index (χ2v) is 5.91. The van der Waals surface area contributed by atoms with Gasteiger partial charge in [0.05, 0.1) is 11.8 Å². The molecule has 0 atom stereocenters. The van der Waals surface area contributed by atoms with Crippen LogP contribution in [0.1, 0.15) is 19.4 Å². The third kappa shape index (κ3) is 4.85. The summed E-state index contributed by atoms with van der Waals surface area (Å²) in [4.78, 5) is 0. The number of hydrogen-bond acceptors (Lipinski definition) is 3. The molecule has 2 aromatic rings. The highest BCUT2D eigenvalue weighted by Gasteiger charge is 2.04. The average molecular weight is 319 g/mol. The number of rotatable bonds is 7. The van der Waals surface area contributed by atoms with Crippen molar-refractivity contribution >= 4 is 23.0 Å². The second-order valence-electron chi connectivity index (χ2n) is 5.48. The molecule has 0 unspecified atom stereocenters. The Morgan fingerprint density at radius 3 is 2.41 bits per heavy atom. The van der Waals surface area contributed by atoms with E-state index in [1.165, 1.54) is 5.56 Å². The van der Waals surface area contributed by atoms with Gasteiger partial charge in [0, 0.05) is 23.8 Å². The van der Waals surface area contributed by atoms with Crippen LogP contribution < -0.4 is 15.4 Å². The number of halogens is 1. The van der Waals surface area contributed by atoms with Gasteiger partial charge in [0.1, 0.15) is 5.75 Å². The number of nitrogens with one attached hydrogen (secondary N) is 2. The van der Waals surface area contributed by atoms with Crippen molar-refractivity contribution in [3.63, 3.8) is 0 Å². The molecule has 2 rings (SSSR count). The molecule has 0 aliphatic heterocycles. The Morgan fingerprint density at radius 1 is 1.00 bits per heavy atom. The molecule has 3 nitrogen and oxygen atoms in total. The lowest BCUT2D eigenvalue weighted by atomic mass is 10.2. The average Bonchev–Trinajstić information content (AvgIpc) is 2.48. The Kier molecular flexibility index (Phi) is 5.96. The van der Waals surface area contributed by atoms with Gasteiger partial charge in [0.25, 0.3) is 0 Å². The number of aryl methyl sites for hydroxylation is 1. The zero-order valence-electron chi connectivity index (χ0n) is 13.3. The normalized spacial score (nSPS) is 10.6. The highest BCUT2D eigenvalue weighted by molar-refractivity contribution is 6.30. The molecule has 0 aromatic heterocycles. The first kappa shape index (κ1) is 16.5. The molecule has 0 fully saturated rings. The van der Waals surface area contributed by atoms with E-state index in [0.29, 0.717) is 0 Å². The van der Waals surface area contributed by atoms with Crippen molar-refractivity contribution in [2.45, 2.75) is 26.9 Å². The van der Waals surface area contributed by atoms with Crippen molar-refractivity contribution in [3.8, 4) is 5.75 Å². The van der Waals surface area contributed by atoms with Gasteiger partial charge in [0.2, 0.25) is 0 Å². The Hall–Kier alpha value is -1.87. The molecular weight excluding hydrogens is 296 g/mol. The Balaban J connectivity index is 1.88. The minimum atomic E-state index is 0.162. The lowest BCUT2D eigenvalue weighted by Crippen LogP contribution is -2.15. The van der Waals surface area contributed by atoms with Crippen LogP contribution in [0.25, 0.3) is 0 Å². The fourth-order valence-electron chi connectivity index (χ4n) is 2.15. The molecule has 0 spiro atoms. The zero-order valence-corrected chi connectivity index (χ0v) is 14.1. The lowest BCUT2D eigenvalue weighted by Gasteiger charge is -2.16. The van der Waals surface area contributed by atoms with Crippen LogP contribution in [0, 0.1) is 6.92 Å². The van der Waals surface area contributed by atoms with Gasteiger partial charge >= 0.3 is 0 Å². The first-order valence-electron chi connectivity index (χ1n) is 7.56. The molecule has 0 amide bonds. The van der Waals surface area contributed by atoms with Crippen molar-refractivity contribution < 1.29 is 4.74 Å². The molecule has 0 saturated heterocycles. The van der Waals surface area contributed by atoms with Gasteiger partial charge in [-0.25, -0.2) is 0 Å². The fourth-order valence-corrected chi connectivity index (χ4v) is 2.32. The van der Waals surface area contributed by atoms with Gasteiger partial charge in [-0.15, -0.1) is 0 Å². The van der Waals surface area contributed by atoms with Gasteiger partial charge in [0.15, 0.2) is 0 Å². The van der Waals surface area contributed by atoms with E-state index >= 15 is 0 Å². The maximum atomic E-state index is 6.02. The van der Waals surface area contributed by atoms with E-state index in [0.717, 1.165) is 35.2 Å². The number of benzene rings is 2. The summed E-state index contributed by atoms with van der Waals surface area (Å²) in [7, 11) is 0. The molecule has 2 aromatic carbocycles. The van der Waals surface area contributed by atoms with E-state index in [1.807, 2.05) is 56.3 Å². The van der Waals surface area contributed by atoms with Crippen molar-refractivity contribution in [2.75, 3.05) is 23.7 Å². The van der Waals surface area contributed by atoms with Crippen LogP contribution in [0.2, 0.25) is 5.02 Å². The summed E-state index contributed by atoms with van der Waals surface area (Å²) in [5, 5.41) is 7.55. The van der Waals surface area contributed by atoms with E-state index in [1.54, 1.807) is 0 Å². The first-order chi connectivity index (χ1) is 10.6. The van der Waals surface area contributed by atoms with E-state index in [4.69, 9.17) is 16.3 Å². The van der Waals surface area contributed by atoms with E-state index in [-0.39, 0.29) is 6.10 Å². The second kappa shape index (κ2) is 7.95. The van der Waals surface area contributed by atoms with Crippen LogP contribution in [0.5, 0.6) is 5.75 Å². The summed E-state index contributed by atoms with van der Waals surface area (Å²) in [5.74, 6) is 0.886. The molecule has 22 heavy (non-hydrogen) atoms. The van der Waals surface area contributed by atoms with Crippen molar-refractivity contribution in [1.29, 1.82) is 0 Å². The standard InChI is InChI=1S/C18H23ClN2O/c1-13(2)22-18-7-5-4-6-16(18)20-10-11-21-17-12-15(19)9-8-14(17)3/h4-9,12-13,20-21H,10-11H2,1-3H3. The fraction of sp³-hybridized carbons (Fsp3) is 0.333. The highest BCUT2D eigenvalue weighted by atomic mass is 35.5. The molecule has 0 radical (unpaired) electrons. The minimum Gasteiger partial charge on any atom is -0.489 e. The maximum absolute atomic E-state index is 6.02. The maximum Gasteiger partial charge on any atom is 0.142 e. The van der Waals surface area contributed by atoms with E-state index < -0.39 is 0 Å². The quantitative estimate of drug-likeness (QED) is 0.708. The number of ether oxygens (including phenoxy) is 1. The first-order valence-corrected chi connectivity index (χ1v) is 7.93.